The largest absolute Gasteiger partial charge is 0.466 e. The highest BCUT2D eigenvalue weighted by Gasteiger charge is 2.23. The van der Waals surface area contributed by atoms with Crippen LogP contribution in [-0.2, 0) is 28.7 Å². The normalized spacial score (nSPS) is 13.4. The lowest BCUT2D eigenvalue weighted by Gasteiger charge is -2.22. The number of carbonyl (C=O) groups is 4. The molecule has 1 atom stereocenters. The summed E-state index contributed by atoms with van der Waals surface area (Å²) in [7, 11) is 1.70. The first-order valence-electron chi connectivity index (χ1n) is 12.1. The minimum Gasteiger partial charge on any atom is -0.466 e. The van der Waals surface area contributed by atoms with E-state index in [0.717, 1.165) is 70.9 Å². The molecular formula is C25H47NO6. The molecule has 1 amide bonds. The van der Waals surface area contributed by atoms with Crippen molar-refractivity contribution in [3.8, 4) is 0 Å². The van der Waals surface area contributed by atoms with E-state index in [4.69, 9.17) is 9.47 Å². The first-order valence-corrected chi connectivity index (χ1v) is 12.1. The van der Waals surface area contributed by atoms with Crippen LogP contribution in [0.4, 0.5) is 0 Å². The molecule has 0 spiro atoms. The van der Waals surface area contributed by atoms with Crippen molar-refractivity contribution in [1.82, 2.24) is 4.90 Å². The van der Waals surface area contributed by atoms with Crippen LogP contribution in [0.25, 0.3) is 0 Å². The van der Waals surface area contributed by atoms with Crippen LogP contribution in [0.3, 0.4) is 0 Å². The number of amides is 1. The summed E-state index contributed by atoms with van der Waals surface area (Å²) in [5.41, 5.74) is 0. The van der Waals surface area contributed by atoms with Gasteiger partial charge in [0.1, 0.15) is 11.6 Å². The Morgan fingerprint density at radius 3 is 2.06 bits per heavy atom. The van der Waals surface area contributed by atoms with Crippen molar-refractivity contribution < 1.29 is 28.7 Å². The van der Waals surface area contributed by atoms with E-state index in [-0.39, 0.29) is 24.0 Å². The van der Waals surface area contributed by atoms with E-state index in [1.165, 1.54) is 6.92 Å². The average molecular weight is 458 g/mol. The highest BCUT2D eigenvalue weighted by Crippen LogP contribution is 2.14. The molecule has 0 saturated carbocycles. The van der Waals surface area contributed by atoms with Crippen LogP contribution in [0.2, 0.25) is 0 Å². The Labute approximate surface area is 195 Å². The summed E-state index contributed by atoms with van der Waals surface area (Å²) in [6, 6.07) is 0.454. The maximum absolute atomic E-state index is 11.1. The molecule has 1 heterocycles. The number of hydrogen-bond acceptors (Lipinski definition) is 6. The maximum atomic E-state index is 11.1. The summed E-state index contributed by atoms with van der Waals surface area (Å²) >= 11 is 0. The fourth-order valence-electron chi connectivity index (χ4n) is 2.83. The molecule has 1 unspecified atom stereocenters. The van der Waals surface area contributed by atoms with Gasteiger partial charge in [-0.3, -0.25) is 9.59 Å². The third kappa shape index (κ3) is 21.5. The van der Waals surface area contributed by atoms with Gasteiger partial charge in [0, 0.05) is 45.6 Å². The summed E-state index contributed by atoms with van der Waals surface area (Å²) in [6.07, 6.45) is 9.24. The van der Waals surface area contributed by atoms with Gasteiger partial charge in [-0.25, -0.2) is 0 Å². The van der Waals surface area contributed by atoms with E-state index in [2.05, 4.69) is 13.8 Å². The molecule has 0 aliphatic carbocycles. The fourth-order valence-corrected chi connectivity index (χ4v) is 2.83. The van der Waals surface area contributed by atoms with Crippen molar-refractivity contribution in [3.63, 3.8) is 0 Å². The van der Waals surface area contributed by atoms with Gasteiger partial charge in [0.15, 0.2) is 0 Å². The topological polar surface area (TPSA) is 90.0 Å². The summed E-state index contributed by atoms with van der Waals surface area (Å²) in [5, 5.41) is 0. The number of nitrogens with zero attached hydrogens (tertiary/aromatic N) is 1. The van der Waals surface area contributed by atoms with Gasteiger partial charge in [-0.05, 0) is 52.9 Å². The molecule has 0 aromatic rings. The highest BCUT2D eigenvalue weighted by molar-refractivity contribution is 5.81. The van der Waals surface area contributed by atoms with Crippen molar-refractivity contribution in [2.75, 3.05) is 26.9 Å². The van der Waals surface area contributed by atoms with E-state index in [1.807, 2.05) is 11.8 Å². The SMILES string of the molecule is CCC(C)N1CCCC1=O.CCCCOC(=O)CCC(C)=O.COCCCCCC(C)=O. The lowest BCUT2D eigenvalue weighted by molar-refractivity contribution is -0.144. The van der Waals surface area contributed by atoms with Gasteiger partial charge in [-0.1, -0.05) is 26.7 Å². The van der Waals surface area contributed by atoms with Crippen LogP contribution in [0, 0.1) is 0 Å². The van der Waals surface area contributed by atoms with Crippen molar-refractivity contribution in [1.29, 1.82) is 0 Å². The Kier molecular flexibility index (Phi) is 22.7. The van der Waals surface area contributed by atoms with Crippen LogP contribution >= 0.6 is 0 Å². The zero-order valence-corrected chi connectivity index (χ0v) is 21.4. The van der Waals surface area contributed by atoms with Gasteiger partial charge in [0.2, 0.25) is 5.91 Å². The molecule has 0 aromatic carbocycles. The molecule has 0 radical (unpaired) electrons. The van der Waals surface area contributed by atoms with Gasteiger partial charge in [0.25, 0.3) is 0 Å². The van der Waals surface area contributed by atoms with Crippen molar-refractivity contribution >= 4 is 23.4 Å². The van der Waals surface area contributed by atoms with Gasteiger partial charge in [-0.15, -0.1) is 0 Å². The lowest BCUT2D eigenvalue weighted by atomic mass is 10.1. The second-order valence-electron chi connectivity index (χ2n) is 8.23. The smallest absolute Gasteiger partial charge is 0.306 e. The van der Waals surface area contributed by atoms with E-state index in [9.17, 15) is 19.2 Å². The third-order valence-electron chi connectivity index (χ3n) is 5.05. The first kappa shape index (κ1) is 32.4. The lowest BCUT2D eigenvalue weighted by Crippen LogP contribution is -2.33. The molecule has 7 nitrogen and oxygen atoms in total. The Bertz CT molecular complexity index is 521. The minimum absolute atomic E-state index is 0.0300. The predicted octanol–water partition coefficient (Wildman–Crippen LogP) is 4.89. The molecule has 0 N–H and O–H groups in total. The predicted molar refractivity (Wildman–Crippen MR) is 128 cm³/mol. The number of methoxy groups -OCH3 is 1. The molecule has 0 bridgehead atoms. The number of rotatable bonds is 14. The van der Waals surface area contributed by atoms with Crippen LogP contribution in [0.5, 0.6) is 0 Å². The number of ketones is 2. The minimum atomic E-state index is -0.265. The molecular weight excluding hydrogens is 410 g/mol. The summed E-state index contributed by atoms with van der Waals surface area (Å²) in [4.78, 5) is 44.9. The van der Waals surface area contributed by atoms with Crippen LogP contribution < -0.4 is 0 Å². The van der Waals surface area contributed by atoms with Crippen molar-refractivity contribution in [3.05, 3.63) is 0 Å². The second kappa shape index (κ2) is 22.4. The Morgan fingerprint density at radius 1 is 0.938 bits per heavy atom. The zero-order valence-electron chi connectivity index (χ0n) is 21.4. The Hall–Kier alpha value is -1.76. The number of likely N-dealkylation sites (tertiary alicyclic amines) is 1. The van der Waals surface area contributed by atoms with Crippen LogP contribution in [0.1, 0.15) is 105 Å². The molecule has 188 valence electrons. The fraction of sp³-hybridized carbons (Fsp3) is 0.840. The molecule has 1 fully saturated rings. The number of Topliss-reactive ketones (excluding diaryl/α,β-unsaturated/α-hetero) is 2. The number of unbranched alkanes of at least 4 members (excludes halogenated alkanes) is 3. The standard InChI is InChI=1S/C9H16O3.C8H15NO.C8H16O2/c1-3-4-7-12-9(11)6-5-8(2)10;1-3-7(2)9-6-4-5-8(9)10;1-8(9)6-4-3-5-7-10-2/h3-7H2,1-2H3;7H,3-6H2,1-2H3;3-7H2,1-2H3. The summed E-state index contributed by atoms with van der Waals surface area (Å²) in [6.45, 7) is 11.7. The van der Waals surface area contributed by atoms with E-state index in [1.54, 1.807) is 14.0 Å². The number of ether oxygens (including phenoxy) is 2. The molecule has 1 saturated heterocycles. The van der Waals surface area contributed by atoms with Gasteiger partial charge < -0.3 is 24.0 Å². The van der Waals surface area contributed by atoms with E-state index < -0.39 is 0 Å². The molecule has 1 aliphatic rings. The molecule has 32 heavy (non-hydrogen) atoms. The van der Waals surface area contributed by atoms with Crippen LogP contribution in [-0.4, -0.2) is 61.3 Å². The second-order valence-corrected chi connectivity index (χ2v) is 8.23. The van der Waals surface area contributed by atoms with E-state index >= 15 is 0 Å². The van der Waals surface area contributed by atoms with Gasteiger partial charge in [-0.2, -0.15) is 0 Å². The zero-order chi connectivity index (χ0) is 24.8. The Balaban J connectivity index is 0. The average Bonchev–Trinajstić information content (AvgIpc) is 3.18. The molecule has 1 rings (SSSR count). The first-order chi connectivity index (χ1) is 15.2. The van der Waals surface area contributed by atoms with Crippen molar-refractivity contribution in [2.24, 2.45) is 0 Å². The number of esters is 1. The maximum Gasteiger partial charge on any atom is 0.306 e. The summed E-state index contributed by atoms with van der Waals surface area (Å²) < 4.78 is 9.71. The van der Waals surface area contributed by atoms with Crippen LogP contribution in [0.15, 0.2) is 0 Å². The van der Waals surface area contributed by atoms with Gasteiger partial charge in [0.05, 0.1) is 13.0 Å². The highest BCUT2D eigenvalue weighted by atomic mass is 16.5. The number of carbonyl (C=O) groups excluding carboxylic acids is 4. The quantitative estimate of drug-likeness (QED) is 0.272. The third-order valence-corrected chi connectivity index (χ3v) is 5.05. The van der Waals surface area contributed by atoms with Crippen molar-refractivity contribution in [2.45, 2.75) is 111 Å². The monoisotopic (exact) mass is 457 g/mol. The summed E-state index contributed by atoms with van der Waals surface area (Å²) in [5.74, 6) is 0.396. The molecule has 7 heteroatoms. The Morgan fingerprint density at radius 2 is 1.59 bits per heavy atom. The molecule has 1 aliphatic heterocycles. The van der Waals surface area contributed by atoms with Gasteiger partial charge >= 0.3 is 5.97 Å². The molecule has 0 aromatic heterocycles. The number of hydrogen-bond donors (Lipinski definition) is 0. The van der Waals surface area contributed by atoms with E-state index in [0.29, 0.717) is 25.0 Å².